The number of esters is 1. The molecule has 4 saturated carbocycles. The first kappa shape index (κ1) is 29.1. The van der Waals surface area contributed by atoms with Crippen molar-refractivity contribution in [3.05, 3.63) is 11.6 Å². The molecular weight excluding hydrogens is 490 g/mol. The zero-order valence-electron chi connectivity index (χ0n) is 25.4. The highest BCUT2D eigenvalue weighted by Crippen LogP contribution is 2.75. The molecule has 0 heterocycles. The van der Waals surface area contributed by atoms with E-state index < -0.39 is 17.4 Å². The number of carbonyl (C=O) groups excluding carboxylic acids is 1. The molecule has 220 valence electrons. The summed E-state index contributed by atoms with van der Waals surface area (Å²) < 4.78 is 5.72. The quantitative estimate of drug-likeness (QED) is 0.298. The highest BCUT2D eigenvalue weighted by molar-refractivity contribution is 5.80. The first-order valence-electron chi connectivity index (χ1n) is 15.6. The number of fused-ring (bicyclic) bond motifs is 7. The second kappa shape index (κ2) is 9.31. The summed E-state index contributed by atoms with van der Waals surface area (Å²) in [6.07, 6.45) is 11.1. The van der Waals surface area contributed by atoms with Crippen LogP contribution in [0.15, 0.2) is 11.6 Å². The van der Waals surface area contributed by atoms with Gasteiger partial charge >= 0.3 is 11.9 Å². The van der Waals surface area contributed by atoms with E-state index in [4.69, 9.17) is 10.5 Å². The van der Waals surface area contributed by atoms with Crippen LogP contribution in [0.4, 0.5) is 0 Å². The molecule has 0 saturated heterocycles. The number of aliphatic carboxylic acids is 1. The Hall–Kier alpha value is -1.40. The van der Waals surface area contributed by atoms with Gasteiger partial charge in [0, 0.05) is 0 Å². The van der Waals surface area contributed by atoms with Gasteiger partial charge in [0.25, 0.3) is 0 Å². The fourth-order valence-corrected chi connectivity index (χ4v) is 11.2. The van der Waals surface area contributed by atoms with Crippen LogP contribution in [-0.4, -0.2) is 40.9 Å². The molecule has 0 aromatic rings. The molecule has 11 atom stereocenters. The van der Waals surface area contributed by atoms with Crippen molar-refractivity contribution < 1.29 is 24.5 Å². The average molecular weight is 544 g/mol. The minimum atomic E-state index is -1.19. The first-order chi connectivity index (χ1) is 18.1. The number of carboxylic acid groups (broad SMARTS) is 1. The Bertz CT molecular complexity index is 1050. The monoisotopic (exact) mass is 543 g/mol. The van der Waals surface area contributed by atoms with Crippen LogP contribution in [0.25, 0.3) is 0 Å². The molecule has 0 radical (unpaired) electrons. The van der Waals surface area contributed by atoms with Gasteiger partial charge in [-0.15, -0.1) is 0 Å². The van der Waals surface area contributed by atoms with Crippen molar-refractivity contribution >= 4 is 11.9 Å². The van der Waals surface area contributed by atoms with Crippen LogP contribution < -0.4 is 5.73 Å². The molecule has 0 unspecified atom stereocenters. The van der Waals surface area contributed by atoms with Crippen LogP contribution in [0.5, 0.6) is 0 Å². The van der Waals surface area contributed by atoms with E-state index in [0.717, 1.165) is 57.8 Å². The number of nitrogens with two attached hydrogens (primary N) is 1. The van der Waals surface area contributed by atoms with E-state index in [1.165, 1.54) is 5.57 Å². The summed E-state index contributed by atoms with van der Waals surface area (Å²) in [6, 6.07) is -1.19. The minimum absolute atomic E-state index is 0.00133. The van der Waals surface area contributed by atoms with Gasteiger partial charge in [-0.25, -0.2) is 0 Å². The van der Waals surface area contributed by atoms with Crippen LogP contribution in [-0.2, 0) is 14.3 Å². The van der Waals surface area contributed by atoms with Crippen LogP contribution in [0.3, 0.4) is 0 Å². The van der Waals surface area contributed by atoms with Crippen molar-refractivity contribution in [3.63, 3.8) is 0 Å². The fourth-order valence-electron chi connectivity index (χ4n) is 11.2. The minimum Gasteiger partial charge on any atom is -0.480 e. The molecule has 0 spiro atoms. The molecule has 39 heavy (non-hydrogen) atoms. The van der Waals surface area contributed by atoms with E-state index in [9.17, 15) is 19.8 Å². The Balaban J connectivity index is 1.54. The SMILES string of the molecule is C[C@H]1[C@H](C)CC[C@]2(C(=O)OC[C@@H](N)C(=O)O)CC[C@]3(C)C(=CC[C@@H]4[C@@]5(C)CC[C@H](O)C(C)(C)[C@@H]5CC[C@]43C)[C@H]12. The van der Waals surface area contributed by atoms with Crippen molar-refractivity contribution in [3.8, 4) is 0 Å². The third-order valence-corrected chi connectivity index (χ3v) is 14.1. The van der Waals surface area contributed by atoms with Crippen LogP contribution in [0.2, 0.25) is 0 Å². The van der Waals surface area contributed by atoms with Gasteiger partial charge in [-0.1, -0.05) is 60.1 Å². The molecule has 4 fully saturated rings. The molecule has 0 aromatic carbocycles. The normalized spacial score (nSPS) is 49.3. The zero-order valence-corrected chi connectivity index (χ0v) is 25.4. The van der Waals surface area contributed by atoms with Gasteiger partial charge in [-0.05, 0) is 109 Å². The molecule has 6 nitrogen and oxygen atoms in total. The van der Waals surface area contributed by atoms with Gasteiger partial charge in [-0.3, -0.25) is 9.59 Å². The van der Waals surface area contributed by atoms with Crippen molar-refractivity contribution in [2.45, 2.75) is 118 Å². The maximum absolute atomic E-state index is 13.9. The highest BCUT2D eigenvalue weighted by Gasteiger charge is 2.69. The Morgan fingerprint density at radius 1 is 1.00 bits per heavy atom. The Morgan fingerprint density at radius 3 is 2.36 bits per heavy atom. The Kier molecular flexibility index (Phi) is 6.94. The molecule has 6 heteroatoms. The molecule has 4 N–H and O–H groups in total. The van der Waals surface area contributed by atoms with Gasteiger partial charge in [0.15, 0.2) is 0 Å². The van der Waals surface area contributed by atoms with Crippen LogP contribution >= 0.6 is 0 Å². The van der Waals surface area contributed by atoms with E-state index in [0.29, 0.717) is 23.7 Å². The molecular formula is C33H53NO5. The smallest absolute Gasteiger partial charge is 0.324 e. The predicted molar refractivity (Wildman–Crippen MR) is 152 cm³/mol. The number of rotatable bonds is 4. The fraction of sp³-hybridized carbons (Fsp3) is 0.879. The third-order valence-electron chi connectivity index (χ3n) is 14.1. The number of allylic oxidation sites excluding steroid dienone is 2. The van der Waals surface area contributed by atoms with E-state index >= 15 is 0 Å². The summed E-state index contributed by atoms with van der Waals surface area (Å²) >= 11 is 0. The van der Waals surface area contributed by atoms with E-state index in [-0.39, 0.29) is 46.3 Å². The van der Waals surface area contributed by atoms with Gasteiger partial charge < -0.3 is 20.7 Å². The maximum Gasteiger partial charge on any atom is 0.324 e. The van der Waals surface area contributed by atoms with Crippen LogP contribution in [0, 0.1) is 56.7 Å². The van der Waals surface area contributed by atoms with Crippen LogP contribution in [0.1, 0.15) is 106 Å². The lowest BCUT2D eigenvalue weighted by atomic mass is 9.33. The summed E-state index contributed by atoms with van der Waals surface area (Å²) in [7, 11) is 0. The number of aliphatic hydroxyl groups is 1. The number of ether oxygens (including phenoxy) is 1. The van der Waals surface area contributed by atoms with Gasteiger partial charge in [0.1, 0.15) is 12.6 Å². The second-order valence-corrected chi connectivity index (χ2v) is 15.7. The van der Waals surface area contributed by atoms with Crippen molar-refractivity contribution in [1.82, 2.24) is 0 Å². The molecule has 5 aliphatic rings. The number of hydrogen-bond donors (Lipinski definition) is 3. The molecule has 0 bridgehead atoms. The summed E-state index contributed by atoms with van der Waals surface area (Å²) in [6.45, 7) is 16.5. The third kappa shape index (κ3) is 3.86. The van der Waals surface area contributed by atoms with Gasteiger partial charge in [-0.2, -0.15) is 0 Å². The van der Waals surface area contributed by atoms with Crippen molar-refractivity contribution in [1.29, 1.82) is 0 Å². The van der Waals surface area contributed by atoms with Gasteiger partial charge in [0.05, 0.1) is 11.5 Å². The van der Waals surface area contributed by atoms with E-state index in [1.54, 1.807) is 0 Å². The number of hydrogen-bond acceptors (Lipinski definition) is 5. The van der Waals surface area contributed by atoms with E-state index in [2.05, 4.69) is 54.5 Å². The number of carbonyl (C=O) groups is 2. The molecule has 0 aromatic heterocycles. The number of aliphatic hydroxyl groups excluding tert-OH is 1. The zero-order chi connectivity index (χ0) is 28.8. The Morgan fingerprint density at radius 2 is 1.69 bits per heavy atom. The summed E-state index contributed by atoms with van der Waals surface area (Å²) in [5.41, 5.74) is 6.83. The summed E-state index contributed by atoms with van der Waals surface area (Å²) in [4.78, 5) is 25.2. The summed E-state index contributed by atoms with van der Waals surface area (Å²) in [5, 5.41) is 20.2. The average Bonchev–Trinajstić information content (AvgIpc) is 2.87. The standard InChI is InChI=1S/C33H53NO5/c1-19-10-15-33(28(38)39-18-22(34)27(36)37)17-16-31(6)21(26(33)20(19)2)8-9-24-30(5)13-12-25(35)29(3,4)23(30)11-14-32(24,31)7/h8,19-20,22-26,35H,9-18,34H2,1-7H3,(H,36,37)/t19-,20+,22-,23+,24-,25+,26+,30+,31-,32-,33+/m1/s1. The maximum atomic E-state index is 13.9. The molecule has 0 aliphatic heterocycles. The summed E-state index contributed by atoms with van der Waals surface area (Å²) in [5.74, 6) is 0.651. The van der Waals surface area contributed by atoms with Crippen molar-refractivity contribution in [2.75, 3.05) is 6.61 Å². The molecule has 5 rings (SSSR count). The van der Waals surface area contributed by atoms with Gasteiger partial charge in [0.2, 0.25) is 0 Å². The molecule has 0 amide bonds. The highest BCUT2D eigenvalue weighted by atomic mass is 16.5. The lowest BCUT2D eigenvalue weighted by Crippen LogP contribution is -2.65. The predicted octanol–water partition coefficient (Wildman–Crippen LogP) is 5.96. The lowest BCUT2D eigenvalue weighted by molar-refractivity contribution is -0.207. The second-order valence-electron chi connectivity index (χ2n) is 15.7. The number of carboxylic acids is 1. The van der Waals surface area contributed by atoms with E-state index in [1.807, 2.05) is 0 Å². The Labute approximate surface area is 235 Å². The molecule has 5 aliphatic carbocycles. The lowest BCUT2D eigenvalue weighted by Gasteiger charge is -2.71. The van der Waals surface area contributed by atoms with Crippen molar-refractivity contribution in [2.24, 2.45) is 62.4 Å². The topological polar surface area (TPSA) is 110 Å². The first-order valence-corrected chi connectivity index (χ1v) is 15.6. The largest absolute Gasteiger partial charge is 0.480 e.